The normalized spacial score (nSPS) is 23.9. The van der Waals surface area contributed by atoms with E-state index in [9.17, 15) is 9.59 Å². The summed E-state index contributed by atoms with van der Waals surface area (Å²) in [6.45, 7) is 1.09. The standard InChI is InChI=1S/C18H22N6O3/c19-18-21-16(22-23-18)12-6-8-24(9-7-12)17(26)15-14(20-13(25)10-27-15)11-4-2-1-3-5-11/h1-5,12,14-15H,6-10H2,(H,20,25)(H3,19,21,22,23)/t14-,15+/m1/s1. The first kappa shape index (κ1) is 17.5. The molecule has 3 heterocycles. The molecular weight excluding hydrogens is 348 g/mol. The van der Waals surface area contributed by atoms with Crippen molar-refractivity contribution >= 4 is 17.8 Å². The molecule has 2 amide bonds. The van der Waals surface area contributed by atoms with Crippen LogP contribution in [0, 0.1) is 0 Å². The van der Waals surface area contributed by atoms with Crippen LogP contribution in [0.4, 0.5) is 5.95 Å². The number of carbonyl (C=O) groups excluding carboxylic acids is 2. The molecule has 9 heteroatoms. The first-order valence-electron chi connectivity index (χ1n) is 9.04. The molecule has 0 radical (unpaired) electrons. The van der Waals surface area contributed by atoms with Crippen LogP contribution in [0.25, 0.3) is 0 Å². The minimum absolute atomic E-state index is 0.0978. The number of hydrogen-bond donors (Lipinski definition) is 3. The van der Waals surface area contributed by atoms with Crippen molar-refractivity contribution in [3.05, 3.63) is 41.7 Å². The van der Waals surface area contributed by atoms with Crippen molar-refractivity contribution in [1.29, 1.82) is 0 Å². The van der Waals surface area contributed by atoms with Crippen molar-refractivity contribution in [3.8, 4) is 0 Å². The number of hydrogen-bond acceptors (Lipinski definition) is 6. The molecule has 2 aliphatic rings. The van der Waals surface area contributed by atoms with Crippen molar-refractivity contribution in [2.45, 2.75) is 30.9 Å². The fourth-order valence-electron chi connectivity index (χ4n) is 3.71. The lowest BCUT2D eigenvalue weighted by Gasteiger charge is -2.37. The van der Waals surface area contributed by atoms with E-state index >= 15 is 0 Å². The topological polar surface area (TPSA) is 126 Å². The first-order valence-corrected chi connectivity index (χ1v) is 9.04. The van der Waals surface area contributed by atoms with Crippen molar-refractivity contribution in [3.63, 3.8) is 0 Å². The maximum absolute atomic E-state index is 13.1. The third-order valence-electron chi connectivity index (χ3n) is 5.13. The molecular formula is C18H22N6O3. The van der Waals surface area contributed by atoms with Gasteiger partial charge in [0.15, 0.2) is 6.10 Å². The summed E-state index contributed by atoms with van der Waals surface area (Å²) >= 11 is 0. The van der Waals surface area contributed by atoms with Crippen molar-refractivity contribution in [1.82, 2.24) is 25.4 Å². The molecule has 2 aliphatic heterocycles. The van der Waals surface area contributed by atoms with Gasteiger partial charge < -0.3 is 20.7 Å². The van der Waals surface area contributed by atoms with E-state index < -0.39 is 12.1 Å². The van der Waals surface area contributed by atoms with Gasteiger partial charge in [0.05, 0.1) is 6.04 Å². The molecule has 1 aromatic carbocycles. The molecule has 2 fully saturated rings. The Morgan fingerprint density at radius 3 is 2.63 bits per heavy atom. The molecule has 0 aliphatic carbocycles. The van der Waals surface area contributed by atoms with Gasteiger partial charge in [0.1, 0.15) is 12.4 Å². The number of carbonyl (C=O) groups is 2. The summed E-state index contributed by atoms with van der Waals surface area (Å²) in [6.07, 6.45) is 0.827. The Bertz CT molecular complexity index is 816. The number of morpholine rings is 1. The maximum Gasteiger partial charge on any atom is 0.254 e. The van der Waals surface area contributed by atoms with E-state index in [1.807, 2.05) is 30.3 Å². The number of H-pyrrole nitrogens is 1. The highest BCUT2D eigenvalue weighted by Crippen LogP contribution is 2.29. The van der Waals surface area contributed by atoms with Gasteiger partial charge in [0.2, 0.25) is 11.9 Å². The third kappa shape index (κ3) is 3.63. The van der Waals surface area contributed by atoms with Crippen LogP contribution in [0.2, 0.25) is 0 Å². The summed E-state index contributed by atoms with van der Waals surface area (Å²) in [7, 11) is 0. The maximum atomic E-state index is 13.1. The predicted molar refractivity (Wildman–Crippen MR) is 96.4 cm³/mol. The Hall–Kier alpha value is -2.94. The van der Waals surface area contributed by atoms with Crippen LogP contribution in [0.1, 0.15) is 36.2 Å². The molecule has 142 valence electrons. The van der Waals surface area contributed by atoms with Crippen molar-refractivity contribution in [2.24, 2.45) is 0 Å². The Morgan fingerprint density at radius 1 is 1.22 bits per heavy atom. The van der Waals surface area contributed by atoms with Gasteiger partial charge in [-0.1, -0.05) is 30.3 Å². The Labute approximate surface area is 156 Å². The van der Waals surface area contributed by atoms with Gasteiger partial charge in [-0.3, -0.25) is 14.7 Å². The quantitative estimate of drug-likeness (QED) is 0.716. The van der Waals surface area contributed by atoms with E-state index in [2.05, 4.69) is 20.5 Å². The number of anilines is 1. The molecule has 9 nitrogen and oxygen atoms in total. The van der Waals surface area contributed by atoms with E-state index in [1.165, 1.54) is 0 Å². The second-order valence-corrected chi connectivity index (χ2v) is 6.87. The zero-order valence-corrected chi connectivity index (χ0v) is 14.8. The zero-order valence-electron chi connectivity index (χ0n) is 14.8. The van der Waals surface area contributed by atoms with Gasteiger partial charge in [0.25, 0.3) is 5.91 Å². The van der Waals surface area contributed by atoms with E-state index in [0.717, 1.165) is 24.2 Å². The number of nitrogen functional groups attached to an aromatic ring is 1. The molecule has 4 rings (SSSR count). The molecule has 0 spiro atoms. The number of amides is 2. The first-order chi connectivity index (χ1) is 13.1. The largest absolute Gasteiger partial charge is 0.367 e. The SMILES string of the molecule is Nc1n[nH]c(C2CCN(C(=O)[C@H]3OCC(=O)N[C@@H]3c3ccccc3)CC2)n1. The number of nitrogens with zero attached hydrogens (tertiary/aromatic N) is 3. The van der Waals surface area contributed by atoms with Gasteiger partial charge in [-0.05, 0) is 18.4 Å². The fourth-order valence-corrected chi connectivity index (χ4v) is 3.71. The second-order valence-electron chi connectivity index (χ2n) is 6.87. The lowest BCUT2D eigenvalue weighted by Crippen LogP contribution is -2.54. The van der Waals surface area contributed by atoms with E-state index in [4.69, 9.17) is 10.5 Å². The second kappa shape index (κ2) is 7.36. The molecule has 1 aromatic heterocycles. The summed E-state index contributed by atoms with van der Waals surface area (Å²) in [5, 5.41) is 9.62. The van der Waals surface area contributed by atoms with Gasteiger partial charge in [0, 0.05) is 19.0 Å². The zero-order chi connectivity index (χ0) is 18.8. The van der Waals surface area contributed by atoms with Crippen LogP contribution >= 0.6 is 0 Å². The number of ether oxygens (including phenoxy) is 1. The average molecular weight is 370 g/mol. The Morgan fingerprint density at radius 2 is 1.96 bits per heavy atom. The monoisotopic (exact) mass is 370 g/mol. The number of likely N-dealkylation sites (tertiary alicyclic amines) is 1. The minimum atomic E-state index is -0.720. The Balaban J connectivity index is 1.44. The van der Waals surface area contributed by atoms with Crippen LogP contribution in [0.15, 0.2) is 30.3 Å². The molecule has 4 N–H and O–H groups in total. The van der Waals surface area contributed by atoms with E-state index in [0.29, 0.717) is 13.1 Å². The molecule has 0 saturated carbocycles. The highest BCUT2D eigenvalue weighted by Gasteiger charge is 2.39. The van der Waals surface area contributed by atoms with Crippen LogP contribution in [-0.2, 0) is 14.3 Å². The number of rotatable bonds is 3. The molecule has 2 saturated heterocycles. The number of piperidine rings is 1. The van der Waals surface area contributed by atoms with Crippen LogP contribution in [0.5, 0.6) is 0 Å². The molecule has 27 heavy (non-hydrogen) atoms. The van der Waals surface area contributed by atoms with Crippen molar-refractivity contribution < 1.29 is 14.3 Å². The highest BCUT2D eigenvalue weighted by molar-refractivity contribution is 5.86. The van der Waals surface area contributed by atoms with Crippen LogP contribution in [0.3, 0.4) is 0 Å². The number of aromatic nitrogens is 3. The summed E-state index contributed by atoms with van der Waals surface area (Å²) in [4.78, 5) is 30.9. The summed E-state index contributed by atoms with van der Waals surface area (Å²) in [5.74, 6) is 0.896. The van der Waals surface area contributed by atoms with E-state index in [-0.39, 0.29) is 30.3 Å². The lowest BCUT2D eigenvalue weighted by molar-refractivity contribution is -0.156. The minimum Gasteiger partial charge on any atom is -0.367 e. The van der Waals surface area contributed by atoms with E-state index in [1.54, 1.807) is 4.90 Å². The fraction of sp³-hybridized carbons (Fsp3) is 0.444. The third-order valence-corrected chi connectivity index (χ3v) is 5.13. The smallest absolute Gasteiger partial charge is 0.254 e. The Kier molecular flexibility index (Phi) is 4.76. The van der Waals surface area contributed by atoms with Crippen molar-refractivity contribution in [2.75, 3.05) is 25.4 Å². The number of benzene rings is 1. The predicted octanol–water partition coefficient (Wildman–Crippen LogP) is 0.349. The molecule has 0 unspecified atom stereocenters. The van der Waals surface area contributed by atoms with Gasteiger partial charge >= 0.3 is 0 Å². The number of aromatic amines is 1. The average Bonchev–Trinajstić information content (AvgIpc) is 3.14. The number of nitrogens with one attached hydrogen (secondary N) is 2. The van der Waals surface area contributed by atoms with Gasteiger partial charge in [-0.25, -0.2) is 0 Å². The molecule has 0 bridgehead atoms. The molecule has 2 aromatic rings. The lowest BCUT2D eigenvalue weighted by atomic mass is 9.94. The molecule has 2 atom stereocenters. The highest BCUT2D eigenvalue weighted by atomic mass is 16.5. The number of nitrogens with two attached hydrogens (primary N) is 1. The van der Waals surface area contributed by atoms with Crippen LogP contribution < -0.4 is 11.1 Å². The summed E-state index contributed by atoms with van der Waals surface area (Å²) in [6, 6.07) is 8.96. The summed E-state index contributed by atoms with van der Waals surface area (Å²) in [5.41, 5.74) is 6.43. The summed E-state index contributed by atoms with van der Waals surface area (Å²) < 4.78 is 5.64. The van der Waals surface area contributed by atoms with Gasteiger partial charge in [-0.15, -0.1) is 5.10 Å². The van der Waals surface area contributed by atoms with Crippen LogP contribution in [-0.4, -0.2) is 57.7 Å². The van der Waals surface area contributed by atoms with Gasteiger partial charge in [-0.2, -0.15) is 4.98 Å².